The predicted molar refractivity (Wildman–Crippen MR) is 103 cm³/mol. The number of methoxy groups -OCH3 is 1. The Bertz CT molecular complexity index is 1050. The van der Waals surface area contributed by atoms with Crippen molar-refractivity contribution < 1.29 is 14.3 Å². The second-order valence-corrected chi connectivity index (χ2v) is 6.68. The van der Waals surface area contributed by atoms with Gasteiger partial charge in [0.1, 0.15) is 11.5 Å². The van der Waals surface area contributed by atoms with Crippen LogP contribution in [0.5, 0.6) is 11.5 Å². The van der Waals surface area contributed by atoms with E-state index in [1.54, 1.807) is 31.8 Å². The number of benzene rings is 2. The van der Waals surface area contributed by atoms with Crippen LogP contribution in [0.2, 0.25) is 0 Å². The molecule has 1 amide bonds. The number of amides is 1. The lowest BCUT2D eigenvalue weighted by atomic mass is 10.3. The van der Waals surface area contributed by atoms with E-state index in [1.165, 1.54) is 16.2 Å². The number of hydrogen-bond acceptors (Lipinski definition) is 6. The number of ether oxygens (including phenoxy) is 2. The Labute approximate surface area is 159 Å². The first-order valence-corrected chi connectivity index (χ1v) is 9.01. The van der Waals surface area contributed by atoms with E-state index in [4.69, 9.17) is 9.47 Å². The number of para-hydroxylation sites is 1. The van der Waals surface area contributed by atoms with Gasteiger partial charge in [0.25, 0.3) is 0 Å². The summed E-state index contributed by atoms with van der Waals surface area (Å²) in [5.74, 6) is 1.21. The summed E-state index contributed by atoms with van der Waals surface area (Å²) in [6.07, 6.45) is 2.72. The fourth-order valence-electron chi connectivity index (χ4n) is 2.53. The highest BCUT2D eigenvalue weighted by Gasteiger charge is 2.23. The number of H-pyrrole nitrogens is 1. The molecule has 4 aromatic rings. The van der Waals surface area contributed by atoms with Crippen molar-refractivity contribution in [3.63, 3.8) is 0 Å². The van der Waals surface area contributed by atoms with Gasteiger partial charge in [0, 0.05) is 6.20 Å². The van der Waals surface area contributed by atoms with Crippen LogP contribution in [0.1, 0.15) is 5.69 Å². The number of hydrogen-bond donors (Lipinski definition) is 1. The Balaban J connectivity index is 1.67. The summed E-state index contributed by atoms with van der Waals surface area (Å²) in [6.45, 7) is 0.266. The van der Waals surface area contributed by atoms with Gasteiger partial charge in [-0.1, -0.05) is 29.5 Å². The first-order chi connectivity index (χ1) is 13.2. The van der Waals surface area contributed by atoms with Crippen LogP contribution in [-0.2, 0) is 6.54 Å². The van der Waals surface area contributed by atoms with E-state index < -0.39 is 6.09 Å². The summed E-state index contributed by atoms with van der Waals surface area (Å²) >= 11 is 1.40. The van der Waals surface area contributed by atoms with E-state index in [0.29, 0.717) is 10.9 Å². The van der Waals surface area contributed by atoms with E-state index >= 15 is 0 Å². The number of aromatic nitrogens is 3. The highest BCUT2D eigenvalue weighted by molar-refractivity contribution is 7.22. The van der Waals surface area contributed by atoms with Gasteiger partial charge < -0.3 is 14.5 Å². The molecule has 0 aliphatic rings. The van der Waals surface area contributed by atoms with Crippen LogP contribution >= 0.6 is 11.3 Å². The standard InChI is InChI=1S/C19H16N4O3S/c1-25-15-7-8-16-17(9-15)27-18(22-16)23(11-13-10-20-12-21-13)19(24)26-14-5-3-2-4-6-14/h2-10,12H,11H2,1H3,(H,20,21). The summed E-state index contributed by atoms with van der Waals surface area (Å²) in [7, 11) is 1.62. The largest absolute Gasteiger partial charge is 0.497 e. The second-order valence-electron chi connectivity index (χ2n) is 5.67. The van der Waals surface area contributed by atoms with Crippen molar-refractivity contribution in [1.82, 2.24) is 15.0 Å². The zero-order valence-corrected chi connectivity index (χ0v) is 15.3. The molecule has 2 heterocycles. The lowest BCUT2D eigenvalue weighted by Gasteiger charge is -2.18. The molecule has 2 aromatic heterocycles. The zero-order valence-electron chi connectivity index (χ0n) is 14.5. The normalized spacial score (nSPS) is 10.7. The SMILES string of the molecule is COc1ccc2nc(N(Cc3cnc[nH]3)C(=O)Oc3ccccc3)sc2c1. The molecular weight excluding hydrogens is 364 g/mol. The summed E-state index contributed by atoms with van der Waals surface area (Å²) < 4.78 is 11.7. The maximum Gasteiger partial charge on any atom is 0.421 e. The lowest BCUT2D eigenvalue weighted by Crippen LogP contribution is -2.33. The Morgan fingerprint density at radius 3 is 2.78 bits per heavy atom. The predicted octanol–water partition coefficient (Wildman–Crippen LogP) is 4.23. The van der Waals surface area contributed by atoms with Crippen molar-refractivity contribution in [3.8, 4) is 11.5 Å². The van der Waals surface area contributed by atoms with Gasteiger partial charge in [0.2, 0.25) is 0 Å². The molecule has 0 unspecified atom stereocenters. The van der Waals surface area contributed by atoms with Crippen LogP contribution in [0.4, 0.5) is 9.93 Å². The summed E-state index contributed by atoms with van der Waals surface area (Å²) in [6, 6.07) is 14.6. The smallest absolute Gasteiger partial charge is 0.421 e. The number of aromatic amines is 1. The Morgan fingerprint density at radius 2 is 2.04 bits per heavy atom. The number of nitrogens with one attached hydrogen (secondary N) is 1. The van der Waals surface area contributed by atoms with Crippen LogP contribution in [0, 0.1) is 0 Å². The molecule has 0 bridgehead atoms. The number of nitrogens with zero attached hydrogens (tertiary/aromatic N) is 3. The first-order valence-electron chi connectivity index (χ1n) is 8.19. The molecule has 0 atom stereocenters. The minimum Gasteiger partial charge on any atom is -0.497 e. The van der Waals surface area contributed by atoms with E-state index in [2.05, 4.69) is 15.0 Å². The van der Waals surface area contributed by atoms with Crippen molar-refractivity contribution >= 4 is 32.8 Å². The molecule has 0 aliphatic heterocycles. The van der Waals surface area contributed by atoms with Gasteiger partial charge in [-0.25, -0.2) is 19.7 Å². The topological polar surface area (TPSA) is 80.3 Å². The van der Waals surface area contributed by atoms with Gasteiger partial charge >= 0.3 is 6.09 Å². The molecule has 136 valence electrons. The molecular formula is C19H16N4O3S. The van der Waals surface area contributed by atoms with Crippen LogP contribution in [0.3, 0.4) is 0 Å². The minimum atomic E-state index is -0.512. The van der Waals surface area contributed by atoms with Crippen molar-refractivity contribution in [1.29, 1.82) is 0 Å². The van der Waals surface area contributed by atoms with Crippen LogP contribution < -0.4 is 14.4 Å². The van der Waals surface area contributed by atoms with E-state index in [-0.39, 0.29) is 6.54 Å². The molecule has 2 aromatic carbocycles. The van der Waals surface area contributed by atoms with Crippen molar-refractivity contribution in [3.05, 3.63) is 66.7 Å². The highest BCUT2D eigenvalue weighted by atomic mass is 32.1. The van der Waals surface area contributed by atoms with Gasteiger partial charge in [-0.05, 0) is 30.3 Å². The first kappa shape index (κ1) is 17.0. The third-order valence-electron chi connectivity index (χ3n) is 3.87. The third-order valence-corrected chi connectivity index (χ3v) is 4.91. The Hall–Kier alpha value is -3.39. The number of fused-ring (bicyclic) bond motifs is 1. The fourth-order valence-corrected chi connectivity index (χ4v) is 3.51. The number of rotatable bonds is 5. The maximum absolute atomic E-state index is 12.9. The van der Waals surface area contributed by atoms with E-state index in [9.17, 15) is 4.79 Å². The van der Waals surface area contributed by atoms with Crippen LogP contribution in [-0.4, -0.2) is 28.2 Å². The lowest BCUT2D eigenvalue weighted by molar-refractivity contribution is 0.207. The number of carbonyl (C=O) groups excluding carboxylic acids is 1. The van der Waals surface area contributed by atoms with Crippen LogP contribution in [0.15, 0.2) is 61.1 Å². The summed E-state index contributed by atoms with van der Waals surface area (Å²) in [4.78, 5) is 25.9. The number of thiazole rings is 1. The van der Waals surface area contributed by atoms with Gasteiger partial charge in [-0.2, -0.15) is 0 Å². The second kappa shape index (κ2) is 7.46. The molecule has 0 saturated heterocycles. The summed E-state index contributed by atoms with van der Waals surface area (Å²) in [5, 5.41) is 0.536. The van der Waals surface area contributed by atoms with Crippen molar-refractivity contribution in [2.24, 2.45) is 0 Å². The minimum absolute atomic E-state index is 0.266. The fraction of sp³-hybridized carbons (Fsp3) is 0.105. The average Bonchev–Trinajstić information content (AvgIpc) is 3.35. The molecule has 27 heavy (non-hydrogen) atoms. The molecule has 0 radical (unpaired) electrons. The molecule has 1 N–H and O–H groups in total. The van der Waals surface area contributed by atoms with Crippen LogP contribution in [0.25, 0.3) is 10.2 Å². The average molecular weight is 380 g/mol. The quantitative estimate of drug-likeness (QED) is 0.560. The molecule has 0 spiro atoms. The molecule has 0 aliphatic carbocycles. The molecule has 7 nitrogen and oxygen atoms in total. The van der Waals surface area contributed by atoms with E-state index in [1.807, 2.05) is 36.4 Å². The number of carbonyl (C=O) groups is 1. The summed E-state index contributed by atoms with van der Waals surface area (Å²) in [5.41, 5.74) is 1.56. The zero-order chi connectivity index (χ0) is 18.6. The molecule has 0 fully saturated rings. The monoisotopic (exact) mass is 380 g/mol. The maximum atomic E-state index is 12.9. The molecule has 4 rings (SSSR count). The number of anilines is 1. The van der Waals surface area contributed by atoms with Gasteiger partial charge in [-0.15, -0.1) is 0 Å². The molecule has 0 saturated carbocycles. The number of imidazole rings is 1. The van der Waals surface area contributed by atoms with E-state index in [0.717, 1.165) is 21.7 Å². The van der Waals surface area contributed by atoms with Gasteiger partial charge in [0.05, 0.1) is 35.9 Å². The third kappa shape index (κ3) is 3.75. The van der Waals surface area contributed by atoms with Crippen molar-refractivity contribution in [2.45, 2.75) is 6.54 Å². The highest BCUT2D eigenvalue weighted by Crippen LogP contribution is 2.32. The van der Waals surface area contributed by atoms with Gasteiger partial charge in [-0.3, -0.25) is 0 Å². The van der Waals surface area contributed by atoms with Gasteiger partial charge in [0.15, 0.2) is 5.13 Å². The molecule has 8 heteroatoms. The Morgan fingerprint density at radius 1 is 1.19 bits per heavy atom. The Kier molecular flexibility index (Phi) is 4.71. The van der Waals surface area contributed by atoms with Crippen molar-refractivity contribution in [2.75, 3.05) is 12.0 Å².